The summed E-state index contributed by atoms with van der Waals surface area (Å²) in [4.78, 5) is 38.6. The number of anilines is 2. The van der Waals surface area contributed by atoms with Crippen molar-refractivity contribution >= 4 is 54.8 Å². The lowest BCUT2D eigenvalue weighted by molar-refractivity contribution is -0.135. The summed E-state index contributed by atoms with van der Waals surface area (Å²) < 4.78 is 34.9. The normalized spacial score (nSPS) is 16.5. The second kappa shape index (κ2) is 8.28. The van der Waals surface area contributed by atoms with Crippen LogP contribution in [0.4, 0.5) is 11.4 Å². The predicted octanol–water partition coefficient (Wildman–Crippen LogP) is 1.07. The van der Waals surface area contributed by atoms with Crippen LogP contribution in [0.2, 0.25) is 0 Å². The average Bonchev–Trinajstić information content (AvgIpc) is 3.13. The fourth-order valence-electron chi connectivity index (χ4n) is 3.95. The molecular formula is C21H20N4O6S2. The van der Waals surface area contributed by atoms with E-state index in [1.54, 1.807) is 29.2 Å². The van der Waals surface area contributed by atoms with Crippen molar-refractivity contribution in [3.63, 3.8) is 0 Å². The Bertz CT molecular complexity index is 1420. The average molecular weight is 489 g/mol. The van der Waals surface area contributed by atoms with Gasteiger partial charge in [-0.3, -0.25) is 23.3 Å². The number of nitrogens with one attached hydrogen (secondary N) is 1. The summed E-state index contributed by atoms with van der Waals surface area (Å²) >= 11 is 0.880. The van der Waals surface area contributed by atoms with E-state index in [1.165, 1.54) is 22.8 Å². The Morgan fingerprint density at radius 3 is 2.64 bits per heavy atom. The number of fused-ring (bicyclic) bond motifs is 2. The highest BCUT2D eigenvalue weighted by Gasteiger charge is 2.32. The van der Waals surface area contributed by atoms with Gasteiger partial charge in [0.05, 0.1) is 39.7 Å². The topological polar surface area (TPSA) is 118 Å². The third-order valence-electron chi connectivity index (χ3n) is 5.62. The zero-order chi connectivity index (χ0) is 23.2. The molecule has 5 rings (SSSR count). The van der Waals surface area contributed by atoms with Crippen LogP contribution in [0.3, 0.4) is 0 Å². The fourth-order valence-corrected chi connectivity index (χ4v) is 6.42. The Balaban J connectivity index is 1.49. The van der Waals surface area contributed by atoms with Crippen LogP contribution in [0, 0.1) is 0 Å². The van der Waals surface area contributed by atoms with E-state index in [0.29, 0.717) is 47.9 Å². The SMILES string of the molecule is O=C1CN(S(=O)(=O)c2ccc3c(c2)sc(=O)n3CC(=O)N2CCOCC2)c2ccccc2N1. The first-order valence-electron chi connectivity index (χ1n) is 10.2. The van der Waals surface area contributed by atoms with E-state index < -0.39 is 15.9 Å². The number of aromatic nitrogens is 1. The van der Waals surface area contributed by atoms with Gasteiger partial charge in [0.15, 0.2) is 0 Å². The number of sulfonamides is 1. The summed E-state index contributed by atoms with van der Waals surface area (Å²) in [7, 11) is -4.06. The van der Waals surface area contributed by atoms with Crippen molar-refractivity contribution in [1.29, 1.82) is 0 Å². The summed E-state index contributed by atoms with van der Waals surface area (Å²) in [6, 6.07) is 11.0. The zero-order valence-corrected chi connectivity index (χ0v) is 19.0. The molecule has 1 aromatic heterocycles. The third-order valence-corrected chi connectivity index (χ3v) is 8.32. The molecular weight excluding hydrogens is 468 g/mol. The summed E-state index contributed by atoms with van der Waals surface area (Å²) in [6.07, 6.45) is 0. The summed E-state index contributed by atoms with van der Waals surface area (Å²) in [5.41, 5.74) is 1.28. The Kier molecular flexibility index (Phi) is 5.43. The summed E-state index contributed by atoms with van der Waals surface area (Å²) in [5, 5.41) is 2.67. The first-order chi connectivity index (χ1) is 15.8. The number of amides is 2. The molecule has 0 saturated carbocycles. The lowest BCUT2D eigenvalue weighted by Gasteiger charge is -2.30. The van der Waals surface area contributed by atoms with Crippen LogP contribution >= 0.6 is 11.3 Å². The predicted molar refractivity (Wildman–Crippen MR) is 123 cm³/mol. The molecule has 0 unspecified atom stereocenters. The van der Waals surface area contributed by atoms with E-state index in [1.807, 2.05) is 0 Å². The van der Waals surface area contributed by atoms with Crippen molar-refractivity contribution in [3.05, 3.63) is 52.1 Å². The molecule has 0 spiro atoms. The van der Waals surface area contributed by atoms with Crippen LogP contribution in [-0.4, -0.2) is 62.5 Å². The Morgan fingerprint density at radius 1 is 1.09 bits per heavy atom. The molecule has 0 bridgehead atoms. The van der Waals surface area contributed by atoms with Gasteiger partial charge in [-0.1, -0.05) is 23.5 Å². The van der Waals surface area contributed by atoms with E-state index in [-0.39, 0.29) is 28.8 Å². The molecule has 2 aliphatic rings. The standard InChI is InChI=1S/C21H20N4O6S2/c26-19-12-25(16-4-2-1-3-15(16)22-19)33(29,30)14-5-6-17-18(11-14)32-21(28)24(17)13-20(27)23-7-9-31-10-8-23/h1-6,11H,7-10,12-13H2,(H,22,26). The molecule has 10 nitrogen and oxygen atoms in total. The number of ether oxygens (including phenoxy) is 1. The Morgan fingerprint density at radius 2 is 1.85 bits per heavy atom. The van der Waals surface area contributed by atoms with Crippen LogP contribution in [0.15, 0.2) is 52.2 Å². The van der Waals surface area contributed by atoms with Crippen LogP contribution in [0.25, 0.3) is 10.2 Å². The number of hydrogen-bond acceptors (Lipinski definition) is 7. The molecule has 0 atom stereocenters. The van der Waals surface area contributed by atoms with Gasteiger partial charge in [-0.2, -0.15) is 0 Å². The van der Waals surface area contributed by atoms with Gasteiger partial charge in [0.25, 0.3) is 10.0 Å². The molecule has 0 aliphatic carbocycles. The number of nitrogens with zero attached hydrogens (tertiary/aromatic N) is 3. The zero-order valence-electron chi connectivity index (χ0n) is 17.4. The number of thiazole rings is 1. The maximum atomic E-state index is 13.4. The molecule has 0 radical (unpaired) electrons. The van der Waals surface area contributed by atoms with Gasteiger partial charge in [-0.15, -0.1) is 0 Å². The van der Waals surface area contributed by atoms with Gasteiger partial charge in [-0.05, 0) is 30.3 Å². The van der Waals surface area contributed by atoms with Crippen LogP contribution < -0.4 is 14.5 Å². The van der Waals surface area contributed by atoms with E-state index in [2.05, 4.69) is 5.32 Å². The lowest BCUT2D eigenvalue weighted by Crippen LogP contribution is -2.43. The second-order valence-electron chi connectivity index (χ2n) is 7.65. The quantitative estimate of drug-likeness (QED) is 0.587. The van der Waals surface area contributed by atoms with E-state index in [9.17, 15) is 22.8 Å². The summed E-state index contributed by atoms with van der Waals surface area (Å²) in [5.74, 6) is -0.622. The first-order valence-corrected chi connectivity index (χ1v) is 12.5. The summed E-state index contributed by atoms with van der Waals surface area (Å²) in [6.45, 7) is 1.41. The largest absolute Gasteiger partial charge is 0.378 e. The highest BCUT2D eigenvalue weighted by atomic mass is 32.2. The monoisotopic (exact) mass is 488 g/mol. The molecule has 3 aromatic rings. The number of carbonyl (C=O) groups excluding carboxylic acids is 2. The number of morpholine rings is 1. The van der Waals surface area contributed by atoms with E-state index >= 15 is 0 Å². The third kappa shape index (κ3) is 3.90. The van der Waals surface area contributed by atoms with Crippen molar-refractivity contribution < 1.29 is 22.7 Å². The molecule has 172 valence electrons. The number of hydrogen-bond donors (Lipinski definition) is 1. The van der Waals surface area contributed by atoms with Crippen LogP contribution in [0.5, 0.6) is 0 Å². The van der Waals surface area contributed by atoms with Crippen LogP contribution in [0.1, 0.15) is 0 Å². The Hall–Kier alpha value is -3.22. The van der Waals surface area contributed by atoms with Crippen molar-refractivity contribution in [1.82, 2.24) is 9.47 Å². The molecule has 1 N–H and O–H groups in total. The number of rotatable bonds is 4. The minimum atomic E-state index is -4.06. The second-order valence-corrected chi connectivity index (χ2v) is 10.5. The van der Waals surface area contributed by atoms with Gasteiger partial charge >= 0.3 is 4.87 Å². The molecule has 33 heavy (non-hydrogen) atoms. The maximum absolute atomic E-state index is 13.4. The first kappa shape index (κ1) is 21.6. The number of benzene rings is 2. The molecule has 1 saturated heterocycles. The van der Waals surface area contributed by atoms with Crippen molar-refractivity contribution in [2.45, 2.75) is 11.4 Å². The minimum absolute atomic E-state index is 0.0348. The van der Waals surface area contributed by atoms with Gasteiger partial charge in [0.1, 0.15) is 13.1 Å². The van der Waals surface area contributed by atoms with Crippen LogP contribution in [-0.2, 0) is 30.9 Å². The molecule has 1 fully saturated rings. The number of carbonyl (C=O) groups is 2. The fraction of sp³-hybridized carbons (Fsp3) is 0.286. The molecule has 3 heterocycles. The number of para-hydroxylation sites is 2. The lowest BCUT2D eigenvalue weighted by atomic mass is 10.2. The van der Waals surface area contributed by atoms with Gasteiger partial charge in [0.2, 0.25) is 11.8 Å². The minimum Gasteiger partial charge on any atom is -0.378 e. The highest BCUT2D eigenvalue weighted by Crippen LogP contribution is 2.34. The van der Waals surface area contributed by atoms with E-state index in [0.717, 1.165) is 15.6 Å². The molecule has 2 amide bonds. The van der Waals surface area contributed by atoms with Gasteiger partial charge in [0, 0.05) is 13.1 Å². The smallest absolute Gasteiger partial charge is 0.308 e. The Labute approximate surface area is 193 Å². The molecule has 12 heteroatoms. The maximum Gasteiger partial charge on any atom is 0.308 e. The molecule has 2 aromatic carbocycles. The van der Waals surface area contributed by atoms with Crippen molar-refractivity contribution in [3.8, 4) is 0 Å². The van der Waals surface area contributed by atoms with Crippen molar-refractivity contribution in [2.75, 3.05) is 42.5 Å². The molecule has 2 aliphatic heterocycles. The van der Waals surface area contributed by atoms with Crippen molar-refractivity contribution in [2.24, 2.45) is 0 Å². The highest BCUT2D eigenvalue weighted by molar-refractivity contribution is 7.93. The van der Waals surface area contributed by atoms with Gasteiger partial charge < -0.3 is 15.0 Å². The van der Waals surface area contributed by atoms with E-state index in [4.69, 9.17) is 4.74 Å². The van der Waals surface area contributed by atoms with Gasteiger partial charge in [-0.25, -0.2) is 8.42 Å².